The van der Waals surface area contributed by atoms with E-state index in [0.717, 1.165) is 51.8 Å². The first-order chi connectivity index (χ1) is 13.7. The number of nitrogens with one attached hydrogen (secondary N) is 1. The second kappa shape index (κ2) is 6.60. The van der Waals surface area contributed by atoms with E-state index in [0.29, 0.717) is 13.0 Å². The van der Waals surface area contributed by atoms with E-state index in [1.165, 1.54) is 0 Å². The standard InChI is InChI=1S/C21H19N5O2/c27-21(28)14-3-2-8-26(11-14)20-16-9-13(5-6-18(16)24-12-25-20)17-10-23-19-15(17)4-1-7-22-19/h1,4-7,9-10,12,14H,2-3,8,11H2,(H,22,23)(H,27,28). The number of anilines is 1. The van der Waals surface area contributed by atoms with Gasteiger partial charge in [-0.1, -0.05) is 6.07 Å². The molecule has 0 amide bonds. The predicted octanol–water partition coefficient (Wildman–Crippen LogP) is 3.47. The summed E-state index contributed by atoms with van der Waals surface area (Å²) in [5.41, 5.74) is 3.82. The number of hydrogen-bond acceptors (Lipinski definition) is 5. The Balaban J connectivity index is 1.61. The third kappa shape index (κ3) is 2.76. The van der Waals surface area contributed by atoms with Crippen molar-refractivity contribution in [1.82, 2.24) is 19.9 Å². The number of carboxylic acids is 1. The van der Waals surface area contributed by atoms with Crippen LogP contribution >= 0.6 is 0 Å². The molecule has 1 aromatic carbocycles. The molecule has 0 saturated carbocycles. The van der Waals surface area contributed by atoms with Gasteiger partial charge in [0, 0.05) is 41.8 Å². The molecule has 140 valence electrons. The maximum atomic E-state index is 11.5. The largest absolute Gasteiger partial charge is 0.481 e. The van der Waals surface area contributed by atoms with Crippen LogP contribution in [0.15, 0.2) is 49.1 Å². The first-order valence-electron chi connectivity index (χ1n) is 9.36. The molecule has 2 N–H and O–H groups in total. The van der Waals surface area contributed by atoms with Gasteiger partial charge in [-0.3, -0.25) is 4.79 Å². The quantitative estimate of drug-likeness (QED) is 0.571. The molecule has 1 aliphatic rings. The van der Waals surface area contributed by atoms with E-state index in [1.54, 1.807) is 12.5 Å². The Hall–Kier alpha value is -3.48. The van der Waals surface area contributed by atoms with E-state index < -0.39 is 5.97 Å². The van der Waals surface area contributed by atoms with Gasteiger partial charge in [0.2, 0.25) is 0 Å². The van der Waals surface area contributed by atoms with E-state index in [1.807, 2.05) is 30.5 Å². The number of benzene rings is 1. The molecule has 1 saturated heterocycles. The number of fused-ring (bicyclic) bond motifs is 2. The van der Waals surface area contributed by atoms with Gasteiger partial charge in [-0.05, 0) is 42.7 Å². The van der Waals surface area contributed by atoms with Gasteiger partial charge in [-0.2, -0.15) is 0 Å². The molecule has 1 fully saturated rings. The van der Waals surface area contributed by atoms with Gasteiger partial charge in [-0.25, -0.2) is 15.0 Å². The average molecular weight is 373 g/mol. The Kier molecular flexibility index (Phi) is 3.93. The molecular formula is C21H19N5O2. The van der Waals surface area contributed by atoms with Crippen LogP contribution in [0.25, 0.3) is 33.1 Å². The van der Waals surface area contributed by atoms with Crippen LogP contribution in [0.1, 0.15) is 12.8 Å². The maximum Gasteiger partial charge on any atom is 0.308 e. The fraction of sp³-hybridized carbons (Fsp3) is 0.238. The van der Waals surface area contributed by atoms with Gasteiger partial charge < -0.3 is 15.0 Å². The summed E-state index contributed by atoms with van der Waals surface area (Å²) < 4.78 is 0. The first-order valence-corrected chi connectivity index (χ1v) is 9.36. The topological polar surface area (TPSA) is 95.0 Å². The third-order valence-electron chi connectivity index (χ3n) is 5.45. The Morgan fingerprint density at radius 2 is 2.11 bits per heavy atom. The summed E-state index contributed by atoms with van der Waals surface area (Å²) in [7, 11) is 0. The molecule has 0 bridgehead atoms. The van der Waals surface area contributed by atoms with E-state index in [2.05, 4.69) is 30.9 Å². The summed E-state index contributed by atoms with van der Waals surface area (Å²) in [6, 6.07) is 10.1. The molecular weight excluding hydrogens is 354 g/mol. The molecule has 7 heteroatoms. The highest BCUT2D eigenvalue weighted by Gasteiger charge is 2.27. The summed E-state index contributed by atoms with van der Waals surface area (Å²) in [6.07, 6.45) is 6.84. The van der Waals surface area contributed by atoms with Crippen molar-refractivity contribution < 1.29 is 9.90 Å². The third-order valence-corrected chi connectivity index (χ3v) is 5.45. The molecule has 0 aliphatic carbocycles. The van der Waals surface area contributed by atoms with Crippen molar-refractivity contribution in [1.29, 1.82) is 0 Å². The molecule has 3 aromatic heterocycles. The van der Waals surface area contributed by atoms with Crippen molar-refractivity contribution in [3.05, 3.63) is 49.1 Å². The maximum absolute atomic E-state index is 11.5. The van der Waals surface area contributed by atoms with Crippen LogP contribution in [-0.2, 0) is 4.79 Å². The van der Waals surface area contributed by atoms with E-state index >= 15 is 0 Å². The highest BCUT2D eigenvalue weighted by Crippen LogP contribution is 2.33. The van der Waals surface area contributed by atoms with Gasteiger partial charge in [0.25, 0.3) is 0 Å². The number of rotatable bonds is 3. The van der Waals surface area contributed by atoms with Crippen molar-refractivity contribution >= 4 is 33.7 Å². The van der Waals surface area contributed by atoms with Crippen molar-refractivity contribution in [3.8, 4) is 11.1 Å². The van der Waals surface area contributed by atoms with Crippen LogP contribution in [0.2, 0.25) is 0 Å². The van der Waals surface area contributed by atoms with E-state index in [4.69, 9.17) is 0 Å². The molecule has 5 rings (SSSR count). The van der Waals surface area contributed by atoms with Crippen LogP contribution in [0.5, 0.6) is 0 Å². The molecule has 1 aliphatic heterocycles. The van der Waals surface area contributed by atoms with Crippen molar-refractivity contribution in [2.24, 2.45) is 5.92 Å². The van der Waals surface area contributed by atoms with Crippen molar-refractivity contribution in [3.63, 3.8) is 0 Å². The molecule has 1 unspecified atom stereocenters. The Labute approximate surface area is 161 Å². The van der Waals surface area contributed by atoms with Gasteiger partial charge in [0.05, 0.1) is 11.4 Å². The monoisotopic (exact) mass is 373 g/mol. The molecule has 4 aromatic rings. The number of H-pyrrole nitrogens is 1. The van der Waals surface area contributed by atoms with Gasteiger partial charge in [-0.15, -0.1) is 0 Å². The fourth-order valence-electron chi connectivity index (χ4n) is 4.03. The zero-order valence-electron chi connectivity index (χ0n) is 15.2. The lowest BCUT2D eigenvalue weighted by Gasteiger charge is -2.32. The van der Waals surface area contributed by atoms with Crippen LogP contribution in [-0.4, -0.2) is 44.1 Å². The van der Waals surface area contributed by atoms with Gasteiger partial charge in [0.15, 0.2) is 0 Å². The summed E-state index contributed by atoms with van der Waals surface area (Å²) in [6.45, 7) is 1.28. The number of carboxylic acid groups (broad SMARTS) is 1. The molecule has 0 spiro atoms. The summed E-state index contributed by atoms with van der Waals surface area (Å²) in [5, 5.41) is 11.4. The van der Waals surface area contributed by atoms with Crippen LogP contribution in [0.4, 0.5) is 5.82 Å². The number of hydrogen-bond donors (Lipinski definition) is 2. The lowest BCUT2D eigenvalue weighted by atomic mass is 9.97. The molecule has 7 nitrogen and oxygen atoms in total. The number of carbonyl (C=O) groups is 1. The number of aromatic amines is 1. The summed E-state index contributed by atoms with van der Waals surface area (Å²) in [5.74, 6) is -0.299. The zero-order chi connectivity index (χ0) is 19.1. The smallest absolute Gasteiger partial charge is 0.308 e. The number of aliphatic carboxylic acids is 1. The average Bonchev–Trinajstić information content (AvgIpc) is 3.17. The minimum absolute atomic E-state index is 0.360. The Morgan fingerprint density at radius 1 is 1.18 bits per heavy atom. The SMILES string of the molecule is O=C(O)C1CCCN(c2ncnc3ccc(-c4c[nH]c5ncccc45)cc23)C1. The number of nitrogens with zero attached hydrogens (tertiary/aromatic N) is 4. The van der Waals surface area contributed by atoms with Crippen LogP contribution < -0.4 is 4.90 Å². The number of piperidine rings is 1. The van der Waals surface area contributed by atoms with Crippen molar-refractivity contribution in [2.75, 3.05) is 18.0 Å². The summed E-state index contributed by atoms with van der Waals surface area (Å²) in [4.78, 5) is 30.0. The minimum atomic E-state index is -0.741. The van der Waals surface area contributed by atoms with Gasteiger partial charge in [0.1, 0.15) is 17.8 Å². The van der Waals surface area contributed by atoms with E-state index in [9.17, 15) is 9.90 Å². The minimum Gasteiger partial charge on any atom is -0.481 e. The lowest BCUT2D eigenvalue weighted by Crippen LogP contribution is -2.39. The normalized spacial score (nSPS) is 17.3. The Morgan fingerprint density at radius 3 is 3.00 bits per heavy atom. The van der Waals surface area contributed by atoms with Crippen molar-refractivity contribution in [2.45, 2.75) is 12.8 Å². The van der Waals surface area contributed by atoms with E-state index in [-0.39, 0.29) is 5.92 Å². The highest BCUT2D eigenvalue weighted by molar-refractivity contribution is 5.98. The molecule has 4 heterocycles. The predicted molar refractivity (Wildman–Crippen MR) is 107 cm³/mol. The lowest BCUT2D eigenvalue weighted by molar-refractivity contribution is -0.141. The molecule has 28 heavy (non-hydrogen) atoms. The molecule has 1 atom stereocenters. The Bertz CT molecular complexity index is 1190. The van der Waals surface area contributed by atoms with Crippen LogP contribution in [0, 0.1) is 5.92 Å². The second-order valence-electron chi connectivity index (χ2n) is 7.15. The highest BCUT2D eigenvalue weighted by atomic mass is 16.4. The fourth-order valence-corrected chi connectivity index (χ4v) is 4.03. The number of pyridine rings is 1. The van der Waals surface area contributed by atoms with Crippen LogP contribution in [0.3, 0.4) is 0 Å². The number of aromatic nitrogens is 4. The second-order valence-corrected chi connectivity index (χ2v) is 7.15. The van der Waals surface area contributed by atoms with Gasteiger partial charge >= 0.3 is 5.97 Å². The molecule has 0 radical (unpaired) electrons. The zero-order valence-corrected chi connectivity index (χ0v) is 15.2. The first kappa shape index (κ1) is 16.7. The summed E-state index contributed by atoms with van der Waals surface area (Å²) >= 11 is 0.